The Balaban J connectivity index is 1.60. The molecule has 0 amide bonds. The first-order valence-electron chi connectivity index (χ1n) is 9.65. The average molecular weight is 460 g/mol. The quantitative estimate of drug-likeness (QED) is 0.354. The number of thiazole rings is 1. The maximum atomic E-state index is 12.8. The van der Waals surface area contributed by atoms with Crippen LogP contribution in [0.5, 0.6) is 5.75 Å². The Morgan fingerprint density at radius 1 is 1.10 bits per heavy atom. The summed E-state index contributed by atoms with van der Waals surface area (Å²) in [5.41, 5.74) is 1.18. The highest BCUT2D eigenvalue weighted by atomic mass is 35.5. The van der Waals surface area contributed by atoms with Crippen molar-refractivity contribution in [1.82, 2.24) is 14.6 Å². The van der Waals surface area contributed by atoms with Crippen LogP contribution in [0.25, 0.3) is 22.4 Å². The molecule has 4 aromatic rings. The molecule has 8 heteroatoms. The highest BCUT2D eigenvalue weighted by molar-refractivity contribution is 7.15. The first-order valence-corrected chi connectivity index (χ1v) is 11.2. The van der Waals surface area contributed by atoms with E-state index in [1.165, 1.54) is 15.9 Å². The molecule has 2 aromatic heterocycles. The second kappa shape index (κ2) is 9.16. The fraction of sp³-hybridized carbons (Fsp3) is 0.227. The number of hydrogen-bond acceptors (Lipinski definition) is 5. The lowest BCUT2D eigenvalue weighted by molar-refractivity contribution is 0.306. The largest absolute Gasteiger partial charge is 0.494 e. The lowest BCUT2D eigenvalue weighted by atomic mass is 10.2. The van der Waals surface area contributed by atoms with Gasteiger partial charge in [0.25, 0.3) is 5.56 Å². The Hall–Kier alpha value is -2.41. The first-order chi connectivity index (χ1) is 14.6. The van der Waals surface area contributed by atoms with Crippen LogP contribution in [0.3, 0.4) is 0 Å². The zero-order valence-corrected chi connectivity index (χ0v) is 18.6. The normalized spacial score (nSPS) is 12.0. The van der Waals surface area contributed by atoms with Crippen LogP contribution >= 0.6 is 34.5 Å². The summed E-state index contributed by atoms with van der Waals surface area (Å²) in [6.07, 6.45) is 5.05. The van der Waals surface area contributed by atoms with Crippen LogP contribution in [0.4, 0.5) is 0 Å². The highest BCUT2D eigenvalue weighted by Gasteiger charge is 2.13. The summed E-state index contributed by atoms with van der Waals surface area (Å²) in [5, 5.41) is 5.35. The van der Waals surface area contributed by atoms with E-state index < -0.39 is 0 Å². The summed E-state index contributed by atoms with van der Waals surface area (Å²) in [6.45, 7) is 2.87. The molecule has 0 aliphatic rings. The second-order valence-corrected chi connectivity index (χ2v) is 8.58. The van der Waals surface area contributed by atoms with Crippen molar-refractivity contribution in [2.24, 2.45) is 0 Å². The third-order valence-corrected chi connectivity index (χ3v) is 6.20. The lowest BCUT2D eigenvalue weighted by Crippen LogP contribution is -2.23. The van der Waals surface area contributed by atoms with Crippen LogP contribution in [0.15, 0.2) is 47.3 Å². The van der Waals surface area contributed by atoms with Crippen molar-refractivity contribution in [3.8, 4) is 17.1 Å². The topological polar surface area (TPSA) is 56.5 Å². The van der Waals surface area contributed by atoms with Crippen LogP contribution in [-0.2, 0) is 0 Å². The zero-order chi connectivity index (χ0) is 21.1. The SMILES string of the molecule is CCCCCOc1ccc(-c2nc3s/c(=C/c4c(Cl)cccc4Cl)c(=O)n3n2)cc1. The summed E-state index contributed by atoms with van der Waals surface area (Å²) in [4.78, 5) is 17.8. The van der Waals surface area contributed by atoms with Gasteiger partial charge in [0, 0.05) is 21.2 Å². The molecule has 0 spiro atoms. The van der Waals surface area contributed by atoms with Gasteiger partial charge in [-0.3, -0.25) is 4.79 Å². The predicted octanol–water partition coefficient (Wildman–Crippen LogP) is 5.24. The number of aromatic nitrogens is 3. The van der Waals surface area contributed by atoms with Gasteiger partial charge < -0.3 is 4.74 Å². The van der Waals surface area contributed by atoms with E-state index >= 15 is 0 Å². The molecule has 4 rings (SSSR count). The minimum Gasteiger partial charge on any atom is -0.494 e. The molecule has 0 saturated heterocycles. The molecule has 5 nitrogen and oxygen atoms in total. The van der Waals surface area contributed by atoms with Gasteiger partial charge in [-0.05, 0) is 48.9 Å². The molecule has 2 aromatic carbocycles. The number of fused-ring (bicyclic) bond motifs is 1. The summed E-state index contributed by atoms with van der Waals surface area (Å²) >= 11 is 13.7. The number of halogens is 2. The van der Waals surface area contributed by atoms with Crippen molar-refractivity contribution in [3.05, 3.63) is 73.0 Å². The van der Waals surface area contributed by atoms with E-state index in [0.29, 0.717) is 37.5 Å². The fourth-order valence-corrected chi connectivity index (χ4v) is 4.37. The van der Waals surface area contributed by atoms with Crippen LogP contribution in [0, 0.1) is 0 Å². The van der Waals surface area contributed by atoms with Gasteiger partial charge in [0.05, 0.1) is 11.1 Å². The Bertz CT molecular complexity index is 1260. The smallest absolute Gasteiger partial charge is 0.291 e. The monoisotopic (exact) mass is 459 g/mol. The van der Waals surface area contributed by atoms with Crippen molar-refractivity contribution in [2.45, 2.75) is 26.2 Å². The third-order valence-electron chi connectivity index (χ3n) is 4.59. The molecule has 0 atom stereocenters. The van der Waals surface area contributed by atoms with Crippen LogP contribution in [-0.4, -0.2) is 21.2 Å². The van der Waals surface area contributed by atoms with Crippen LogP contribution in [0.2, 0.25) is 10.0 Å². The minimum atomic E-state index is -0.249. The van der Waals surface area contributed by atoms with Gasteiger partial charge in [0.15, 0.2) is 5.82 Å². The van der Waals surface area contributed by atoms with Crippen molar-refractivity contribution in [2.75, 3.05) is 6.61 Å². The Labute approximate surface area is 187 Å². The van der Waals surface area contributed by atoms with E-state index in [1.54, 1.807) is 24.3 Å². The number of nitrogens with zero attached hydrogens (tertiary/aromatic N) is 3. The van der Waals surface area contributed by atoms with Gasteiger partial charge in [-0.1, -0.05) is 60.4 Å². The molecular formula is C22H19Cl2N3O2S. The lowest BCUT2D eigenvalue weighted by Gasteiger charge is -2.05. The number of unbranched alkanes of at least 4 members (excludes halogenated alkanes) is 2. The van der Waals surface area contributed by atoms with E-state index in [1.807, 2.05) is 24.3 Å². The Morgan fingerprint density at radius 2 is 1.83 bits per heavy atom. The first kappa shape index (κ1) is 20.8. The molecule has 0 fully saturated rings. The van der Waals surface area contributed by atoms with E-state index in [-0.39, 0.29) is 5.56 Å². The van der Waals surface area contributed by atoms with Crippen molar-refractivity contribution in [1.29, 1.82) is 0 Å². The average Bonchev–Trinajstić information content (AvgIpc) is 3.28. The molecule has 0 bridgehead atoms. The van der Waals surface area contributed by atoms with Gasteiger partial charge in [0.1, 0.15) is 5.75 Å². The molecule has 0 aliphatic heterocycles. The summed E-state index contributed by atoms with van der Waals surface area (Å²) in [7, 11) is 0. The van der Waals surface area contributed by atoms with Crippen molar-refractivity contribution >= 4 is 45.6 Å². The van der Waals surface area contributed by atoms with Crippen LogP contribution < -0.4 is 14.8 Å². The van der Waals surface area contributed by atoms with E-state index in [9.17, 15) is 4.79 Å². The van der Waals surface area contributed by atoms with Crippen LogP contribution in [0.1, 0.15) is 31.7 Å². The number of benzene rings is 2. The van der Waals surface area contributed by atoms with Gasteiger partial charge >= 0.3 is 0 Å². The standard InChI is InChI=1S/C22H19Cl2N3O2S/c1-2-3-4-12-29-15-10-8-14(9-11-15)20-25-22-27(26-20)21(28)19(30-22)13-16-17(23)6-5-7-18(16)24/h5-11,13H,2-4,12H2,1H3/b19-13+. The molecule has 154 valence electrons. The maximum absolute atomic E-state index is 12.8. The Kier molecular flexibility index (Phi) is 6.37. The maximum Gasteiger partial charge on any atom is 0.291 e. The van der Waals surface area contributed by atoms with Gasteiger partial charge in [-0.25, -0.2) is 0 Å². The van der Waals surface area contributed by atoms with E-state index in [4.69, 9.17) is 27.9 Å². The van der Waals surface area contributed by atoms with Gasteiger partial charge in [-0.15, -0.1) is 5.10 Å². The van der Waals surface area contributed by atoms with E-state index in [2.05, 4.69) is 17.0 Å². The fourth-order valence-electron chi connectivity index (χ4n) is 2.98. The van der Waals surface area contributed by atoms with Gasteiger partial charge in [-0.2, -0.15) is 9.50 Å². The molecule has 0 saturated carbocycles. The molecular weight excluding hydrogens is 441 g/mol. The van der Waals surface area contributed by atoms with Gasteiger partial charge in [0.2, 0.25) is 4.96 Å². The zero-order valence-electron chi connectivity index (χ0n) is 16.3. The number of rotatable bonds is 7. The van der Waals surface area contributed by atoms with E-state index in [0.717, 1.165) is 30.6 Å². The van der Waals surface area contributed by atoms with Crippen molar-refractivity contribution < 1.29 is 4.74 Å². The number of ether oxygens (including phenoxy) is 1. The minimum absolute atomic E-state index is 0.249. The summed E-state index contributed by atoms with van der Waals surface area (Å²) < 4.78 is 7.52. The van der Waals surface area contributed by atoms with Crippen molar-refractivity contribution in [3.63, 3.8) is 0 Å². The summed E-state index contributed by atoms with van der Waals surface area (Å²) in [5.74, 6) is 1.31. The molecule has 0 aliphatic carbocycles. The molecule has 0 unspecified atom stereocenters. The predicted molar refractivity (Wildman–Crippen MR) is 123 cm³/mol. The highest BCUT2D eigenvalue weighted by Crippen LogP contribution is 2.25. The Morgan fingerprint density at radius 3 is 2.50 bits per heavy atom. The molecule has 0 N–H and O–H groups in total. The molecule has 2 heterocycles. The second-order valence-electron chi connectivity index (χ2n) is 6.76. The molecule has 0 radical (unpaired) electrons. The number of hydrogen-bond donors (Lipinski definition) is 0. The third kappa shape index (κ3) is 4.36. The molecule has 30 heavy (non-hydrogen) atoms. The summed E-state index contributed by atoms with van der Waals surface area (Å²) in [6, 6.07) is 12.8.